The minimum atomic E-state index is -4.97. The number of rotatable bonds is 28. The quantitative estimate of drug-likeness (QED) is 0.0749. The van der Waals surface area contributed by atoms with E-state index in [1.165, 1.54) is 96.3 Å². The number of hydrogen-bond donors (Lipinski definition) is 2. The van der Waals surface area contributed by atoms with E-state index in [0.717, 1.165) is 32.1 Å². The van der Waals surface area contributed by atoms with Crippen molar-refractivity contribution in [2.45, 2.75) is 155 Å². The normalized spacial score (nSPS) is 13.8. The maximum atomic E-state index is 12.6. The zero-order valence-corrected chi connectivity index (χ0v) is 24.6. The molecule has 0 aliphatic rings. The highest BCUT2D eigenvalue weighted by Crippen LogP contribution is 2.61. The zero-order valence-electron chi connectivity index (χ0n) is 22.8. The van der Waals surface area contributed by atoms with Crippen molar-refractivity contribution in [2.24, 2.45) is 0 Å². The standard InChI is InChI=1S/C26H56O7P2/c1-3-5-7-9-11-13-15-16-18-20-22-24-26-32-35(30,33-34(27,28)29)31-25-23-21-19-17-14-12-10-8-6-4-2/h3-26H2,1-2H3,(H2,27,28,29). The van der Waals surface area contributed by atoms with Gasteiger partial charge in [-0.3, -0.25) is 9.05 Å². The first-order chi connectivity index (χ1) is 16.8. The summed E-state index contributed by atoms with van der Waals surface area (Å²) in [5, 5.41) is 0. The fourth-order valence-electron chi connectivity index (χ4n) is 4.10. The van der Waals surface area contributed by atoms with E-state index in [0.29, 0.717) is 12.8 Å². The van der Waals surface area contributed by atoms with Gasteiger partial charge in [0.05, 0.1) is 13.2 Å². The third kappa shape index (κ3) is 27.1. The first-order valence-corrected chi connectivity index (χ1v) is 17.5. The summed E-state index contributed by atoms with van der Waals surface area (Å²) in [5.41, 5.74) is 0. The summed E-state index contributed by atoms with van der Waals surface area (Å²) in [5.74, 6) is 0. The van der Waals surface area contributed by atoms with Gasteiger partial charge < -0.3 is 9.79 Å². The Morgan fingerprint density at radius 1 is 0.457 bits per heavy atom. The van der Waals surface area contributed by atoms with Crippen molar-refractivity contribution < 1.29 is 32.3 Å². The van der Waals surface area contributed by atoms with Gasteiger partial charge >= 0.3 is 15.6 Å². The zero-order chi connectivity index (χ0) is 26.1. The molecule has 0 bridgehead atoms. The van der Waals surface area contributed by atoms with Gasteiger partial charge in [0, 0.05) is 0 Å². The molecule has 0 aromatic carbocycles. The van der Waals surface area contributed by atoms with Crippen molar-refractivity contribution in [3.05, 3.63) is 0 Å². The van der Waals surface area contributed by atoms with E-state index in [2.05, 4.69) is 18.2 Å². The van der Waals surface area contributed by atoms with Gasteiger partial charge in [-0.05, 0) is 12.8 Å². The Morgan fingerprint density at radius 2 is 0.714 bits per heavy atom. The van der Waals surface area contributed by atoms with Crippen LogP contribution < -0.4 is 0 Å². The van der Waals surface area contributed by atoms with Gasteiger partial charge in [0.2, 0.25) is 0 Å². The molecule has 212 valence electrons. The minimum absolute atomic E-state index is 0.103. The summed E-state index contributed by atoms with van der Waals surface area (Å²) in [7, 11) is -9.23. The van der Waals surface area contributed by atoms with Crippen molar-refractivity contribution in [2.75, 3.05) is 13.2 Å². The Hall–Kier alpha value is 0.260. The van der Waals surface area contributed by atoms with E-state index >= 15 is 0 Å². The van der Waals surface area contributed by atoms with E-state index in [-0.39, 0.29) is 13.2 Å². The van der Waals surface area contributed by atoms with Crippen LogP contribution in [0.1, 0.15) is 155 Å². The van der Waals surface area contributed by atoms with E-state index < -0.39 is 15.6 Å². The molecule has 0 aromatic heterocycles. The van der Waals surface area contributed by atoms with Gasteiger partial charge in [-0.15, -0.1) is 0 Å². The molecule has 0 saturated heterocycles. The van der Waals surface area contributed by atoms with Crippen molar-refractivity contribution in [3.63, 3.8) is 0 Å². The maximum absolute atomic E-state index is 12.6. The lowest BCUT2D eigenvalue weighted by Gasteiger charge is -2.18. The molecule has 0 radical (unpaired) electrons. The lowest BCUT2D eigenvalue weighted by molar-refractivity contribution is 0.136. The van der Waals surface area contributed by atoms with Crippen molar-refractivity contribution in [1.82, 2.24) is 0 Å². The van der Waals surface area contributed by atoms with Crippen LogP contribution in [0.3, 0.4) is 0 Å². The van der Waals surface area contributed by atoms with Crippen LogP contribution in [0, 0.1) is 0 Å². The molecule has 0 aliphatic heterocycles. The number of hydrogen-bond acceptors (Lipinski definition) is 5. The first kappa shape index (κ1) is 35.3. The van der Waals surface area contributed by atoms with Crippen molar-refractivity contribution in [1.29, 1.82) is 0 Å². The second kappa shape index (κ2) is 24.6. The summed E-state index contributed by atoms with van der Waals surface area (Å²) >= 11 is 0. The predicted octanol–water partition coefficient (Wildman–Crippen LogP) is 9.86. The fraction of sp³-hybridized carbons (Fsp3) is 1.00. The van der Waals surface area contributed by atoms with Gasteiger partial charge in [-0.25, -0.2) is 9.13 Å². The molecule has 0 amide bonds. The fourth-order valence-corrected chi connectivity index (χ4v) is 6.30. The highest BCUT2D eigenvalue weighted by molar-refractivity contribution is 7.61. The van der Waals surface area contributed by atoms with Crippen LogP contribution in [-0.2, 0) is 22.5 Å². The van der Waals surface area contributed by atoms with Gasteiger partial charge in [-0.2, -0.15) is 4.31 Å². The van der Waals surface area contributed by atoms with Crippen LogP contribution in [0.15, 0.2) is 0 Å². The monoisotopic (exact) mass is 542 g/mol. The van der Waals surface area contributed by atoms with Gasteiger partial charge in [0.25, 0.3) is 0 Å². The Kier molecular flexibility index (Phi) is 24.8. The van der Waals surface area contributed by atoms with E-state index in [1.54, 1.807) is 0 Å². The van der Waals surface area contributed by atoms with Crippen molar-refractivity contribution >= 4 is 15.6 Å². The largest absolute Gasteiger partial charge is 0.483 e. The van der Waals surface area contributed by atoms with Crippen LogP contribution in [0.5, 0.6) is 0 Å². The Labute approximate surface area is 216 Å². The maximum Gasteiger partial charge on any atom is 0.483 e. The topological polar surface area (TPSA) is 102 Å². The molecule has 9 heteroatoms. The number of phosphoric acid groups is 2. The molecule has 0 aromatic rings. The minimum Gasteiger partial charge on any atom is -0.302 e. The molecule has 0 aliphatic carbocycles. The lowest BCUT2D eigenvalue weighted by atomic mass is 10.1. The Bertz CT molecular complexity index is 540. The highest BCUT2D eigenvalue weighted by Gasteiger charge is 2.35. The van der Waals surface area contributed by atoms with Gasteiger partial charge in [-0.1, -0.05) is 142 Å². The predicted molar refractivity (Wildman–Crippen MR) is 146 cm³/mol. The molecular weight excluding hydrogens is 486 g/mol. The van der Waals surface area contributed by atoms with Crippen LogP contribution in [0.4, 0.5) is 0 Å². The summed E-state index contributed by atoms with van der Waals surface area (Å²) in [6.07, 6.45) is 25.8. The molecular formula is C26H56O7P2. The molecule has 0 spiro atoms. The average Bonchev–Trinajstić information content (AvgIpc) is 2.79. The molecule has 2 N–H and O–H groups in total. The summed E-state index contributed by atoms with van der Waals surface area (Å²) in [4.78, 5) is 18.2. The van der Waals surface area contributed by atoms with Gasteiger partial charge in [0.1, 0.15) is 0 Å². The molecule has 35 heavy (non-hydrogen) atoms. The molecule has 0 fully saturated rings. The molecule has 0 heterocycles. The third-order valence-electron chi connectivity index (χ3n) is 6.20. The lowest BCUT2D eigenvalue weighted by Crippen LogP contribution is -2.02. The number of phosphoric ester groups is 1. The first-order valence-electron chi connectivity index (χ1n) is 14.5. The van der Waals surface area contributed by atoms with Crippen molar-refractivity contribution in [3.8, 4) is 0 Å². The molecule has 7 nitrogen and oxygen atoms in total. The second-order valence-electron chi connectivity index (χ2n) is 9.76. The molecule has 0 rings (SSSR count). The molecule has 1 atom stereocenters. The second-order valence-corrected chi connectivity index (χ2v) is 12.8. The van der Waals surface area contributed by atoms with Crippen LogP contribution in [-0.4, -0.2) is 23.0 Å². The summed E-state index contributed by atoms with van der Waals surface area (Å²) in [6, 6.07) is 0. The SMILES string of the molecule is CCCCCCCCCCCCCCOP(=O)(OCCCCCCCCCCCC)OP(=O)(O)O. The smallest absolute Gasteiger partial charge is 0.302 e. The molecule has 0 saturated carbocycles. The molecule has 1 unspecified atom stereocenters. The highest BCUT2D eigenvalue weighted by atomic mass is 31.3. The van der Waals surface area contributed by atoms with E-state index in [9.17, 15) is 9.13 Å². The number of unbranched alkanes of at least 4 members (excludes halogenated alkanes) is 20. The Balaban J connectivity index is 3.84. The van der Waals surface area contributed by atoms with E-state index in [4.69, 9.17) is 18.8 Å². The van der Waals surface area contributed by atoms with Crippen LogP contribution in [0.25, 0.3) is 0 Å². The van der Waals surface area contributed by atoms with E-state index in [1.807, 2.05) is 0 Å². The average molecular weight is 543 g/mol. The van der Waals surface area contributed by atoms with Crippen LogP contribution in [0.2, 0.25) is 0 Å². The Morgan fingerprint density at radius 3 is 0.971 bits per heavy atom. The van der Waals surface area contributed by atoms with Gasteiger partial charge in [0.15, 0.2) is 0 Å². The summed E-state index contributed by atoms with van der Waals surface area (Å²) in [6.45, 7) is 4.66. The summed E-state index contributed by atoms with van der Waals surface area (Å²) < 4.78 is 38.7. The van der Waals surface area contributed by atoms with Crippen LogP contribution >= 0.6 is 15.6 Å². The third-order valence-corrected chi connectivity index (χ3v) is 8.85.